The summed E-state index contributed by atoms with van der Waals surface area (Å²) in [4.78, 5) is 23.3. The van der Waals surface area contributed by atoms with Crippen LogP contribution in [0.15, 0.2) is 10.5 Å². The van der Waals surface area contributed by atoms with E-state index in [-0.39, 0.29) is 23.1 Å². The summed E-state index contributed by atoms with van der Waals surface area (Å²) >= 11 is 0. The summed E-state index contributed by atoms with van der Waals surface area (Å²) in [5, 5.41) is 22.2. The van der Waals surface area contributed by atoms with Gasteiger partial charge in [0.05, 0.1) is 11.3 Å². The van der Waals surface area contributed by atoms with Crippen molar-refractivity contribution in [1.29, 1.82) is 0 Å². The number of aromatic carboxylic acids is 1. The monoisotopic (exact) mass is 303 g/mol. The molecule has 0 radical (unpaired) electrons. The lowest BCUT2D eigenvalue weighted by Crippen LogP contribution is -2.14. The van der Waals surface area contributed by atoms with Gasteiger partial charge in [-0.15, -0.1) is 0 Å². The Morgan fingerprint density at radius 2 is 2.14 bits per heavy atom. The van der Waals surface area contributed by atoms with E-state index < -0.39 is 5.97 Å². The average Bonchev–Trinajstić information content (AvgIpc) is 3.06. The second kappa shape index (κ2) is 4.72. The maximum Gasteiger partial charge on any atom is 0.371 e. The van der Waals surface area contributed by atoms with Crippen molar-refractivity contribution >= 4 is 28.8 Å². The topological polar surface area (TPSA) is 126 Å². The molecule has 0 aromatic carbocycles. The van der Waals surface area contributed by atoms with Gasteiger partial charge in [0.25, 0.3) is 5.91 Å². The summed E-state index contributed by atoms with van der Waals surface area (Å²) in [6.45, 7) is 3.52. The minimum absolute atomic E-state index is 0.134. The van der Waals surface area contributed by atoms with Crippen molar-refractivity contribution in [2.45, 2.75) is 13.8 Å². The van der Waals surface area contributed by atoms with Gasteiger partial charge in [0.1, 0.15) is 5.52 Å². The first-order chi connectivity index (χ1) is 10.4. The van der Waals surface area contributed by atoms with Crippen molar-refractivity contribution in [2.75, 3.05) is 5.32 Å². The molecule has 3 rings (SSSR count). The molecule has 0 aliphatic carbocycles. The smallest absolute Gasteiger partial charge is 0.371 e. The van der Waals surface area contributed by atoms with Gasteiger partial charge in [0.2, 0.25) is 5.76 Å². The van der Waals surface area contributed by atoms with Crippen molar-refractivity contribution in [3.8, 4) is 0 Å². The first kappa shape index (κ1) is 13.9. The molecule has 0 spiro atoms. The van der Waals surface area contributed by atoms with Crippen LogP contribution in [0.25, 0.3) is 11.1 Å². The quantitative estimate of drug-likeness (QED) is 0.672. The highest BCUT2D eigenvalue weighted by atomic mass is 16.4. The van der Waals surface area contributed by atoms with Gasteiger partial charge in [-0.25, -0.2) is 4.79 Å². The Morgan fingerprint density at radius 3 is 2.73 bits per heavy atom. The molecular formula is C13H13N5O4. The maximum absolute atomic E-state index is 12.4. The molecule has 114 valence electrons. The molecule has 3 heterocycles. The molecule has 3 aromatic rings. The number of furan rings is 1. The number of carboxylic acid groups (broad SMARTS) is 1. The number of amides is 1. The van der Waals surface area contributed by atoms with Crippen LogP contribution in [-0.2, 0) is 7.05 Å². The molecule has 9 heteroatoms. The number of hydrogen-bond donors (Lipinski definition) is 3. The third-order valence-electron chi connectivity index (χ3n) is 3.41. The number of nitrogens with one attached hydrogen (secondary N) is 2. The lowest BCUT2D eigenvalue weighted by atomic mass is 10.2. The Kier molecular flexibility index (Phi) is 2.98. The fraction of sp³-hybridized carbons (Fsp3) is 0.231. The van der Waals surface area contributed by atoms with Gasteiger partial charge in [0.15, 0.2) is 11.4 Å². The van der Waals surface area contributed by atoms with E-state index in [9.17, 15) is 9.59 Å². The molecule has 0 saturated carbocycles. The molecule has 0 aliphatic heterocycles. The number of hydrogen-bond acceptors (Lipinski definition) is 5. The molecule has 1 amide bonds. The number of carbonyl (C=O) groups is 2. The van der Waals surface area contributed by atoms with Gasteiger partial charge in [-0.1, -0.05) is 0 Å². The van der Waals surface area contributed by atoms with E-state index in [0.717, 1.165) is 0 Å². The van der Waals surface area contributed by atoms with E-state index in [0.29, 0.717) is 22.5 Å². The predicted octanol–water partition coefficient (Wildman–Crippen LogP) is 1.46. The molecule has 0 fully saturated rings. The van der Waals surface area contributed by atoms with Gasteiger partial charge in [-0.05, 0) is 13.8 Å². The van der Waals surface area contributed by atoms with E-state index in [1.54, 1.807) is 25.6 Å². The molecule has 0 aliphatic rings. The standard InChI is InChI=1S/C13H13N5O4/c1-5-9(6(2)18(3)17-5)12(19)14-11-10-7(15-16-11)4-8(22-10)13(20)21/h4H,1-3H3,(H,20,21)(H2,14,15,16,19). The minimum Gasteiger partial charge on any atom is -0.475 e. The zero-order valence-electron chi connectivity index (χ0n) is 12.1. The van der Waals surface area contributed by atoms with Gasteiger partial charge in [0, 0.05) is 18.8 Å². The zero-order valence-corrected chi connectivity index (χ0v) is 12.1. The SMILES string of the molecule is Cc1nn(C)c(C)c1C(=O)Nc1n[nH]c2cc(C(=O)O)oc12. The lowest BCUT2D eigenvalue weighted by molar-refractivity contribution is 0.0665. The van der Waals surface area contributed by atoms with Crippen LogP contribution in [0.1, 0.15) is 32.3 Å². The average molecular weight is 303 g/mol. The van der Waals surface area contributed by atoms with E-state index in [1.807, 2.05) is 0 Å². The number of rotatable bonds is 3. The van der Waals surface area contributed by atoms with Crippen molar-refractivity contribution < 1.29 is 19.1 Å². The molecular weight excluding hydrogens is 290 g/mol. The first-order valence-corrected chi connectivity index (χ1v) is 6.41. The largest absolute Gasteiger partial charge is 0.475 e. The third-order valence-corrected chi connectivity index (χ3v) is 3.41. The molecule has 0 saturated heterocycles. The molecule has 9 nitrogen and oxygen atoms in total. The predicted molar refractivity (Wildman–Crippen MR) is 76.0 cm³/mol. The van der Waals surface area contributed by atoms with E-state index in [2.05, 4.69) is 20.6 Å². The minimum atomic E-state index is -1.19. The molecule has 22 heavy (non-hydrogen) atoms. The van der Waals surface area contributed by atoms with Crippen molar-refractivity contribution in [3.05, 3.63) is 28.8 Å². The summed E-state index contributed by atoms with van der Waals surface area (Å²) in [7, 11) is 1.75. The summed E-state index contributed by atoms with van der Waals surface area (Å²) in [6.07, 6.45) is 0. The van der Waals surface area contributed by atoms with Gasteiger partial charge >= 0.3 is 5.97 Å². The number of anilines is 1. The van der Waals surface area contributed by atoms with Crippen molar-refractivity contribution in [3.63, 3.8) is 0 Å². The van der Waals surface area contributed by atoms with Gasteiger partial charge < -0.3 is 14.8 Å². The Hall–Kier alpha value is -3.10. The second-order valence-electron chi connectivity index (χ2n) is 4.85. The Labute approximate surface area is 123 Å². The molecule has 0 unspecified atom stereocenters. The second-order valence-corrected chi connectivity index (χ2v) is 4.85. The Morgan fingerprint density at radius 1 is 1.41 bits per heavy atom. The van der Waals surface area contributed by atoms with Crippen molar-refractivity contribution in [1.82, 2.24) is 20.0 Å². The summed E-state index contributed by atoms with van der Waals surface area (Å²) < 4.78 is 6.79. The van der Waals surface area contributed by atoms with Crippen molar-refractivity contribution in [2.24, 2.45) is 7.05 Å². The number of aryl methyl sites for hydroxylation is 2. The highest BCUT2D eigenvalue weighted by molar-refractivity contribution is 6.08. The Balaban J connectivity index is 1.95. The highest BCUT2D eigenvalue weighted by Gasteiger charge is 2.21. The number of H-pyrrole nitrogens is 1. The van der Waals surface area contributed by atoms with Crippen LogP contribution in [0.3, 0.4) is 0 Å². The van der Waals surface area contributed by atoms with Crippen LogP contribution in [0, 0.1) is 13.8 Å². The first-order valence-electron chi connectivity index (χ1n) is 6.41. The molecule has 3 aromatic heterocycles. The normalized spacial score (nSPS) is 11.0. The Bertz CT molecular complexity index is 901. The van der Waals surface area contributed by atoms with Gasteiger partial charge in [-0.3, -0.25) is 14.6 Å². The van der Waals surface area contributed by atoms with Crippen LogP contribution in [-0.4, -0.2) is 37.0 Å². The van der Waals surface area contributed by atoms with Gasteiger partial charge in [-0.2, -0.15) is 10.2 Å². The van der Waals surface area contributed by atoms with E-state index in [4.69, 9.17) is 9.52 Å². The number of aromatic amines is 1. The van der Waals surface area contributed by atoms with Crippen LogP contribution in [0.5, 0.6) is 0 Å². The number of aromatic nitrogens is 4. The van der Waals surface area contributed by atoms with Crippen LogP contribution >= 0.6 is 0 Å². The summed E-state index contributed by atoms with van der Waals surface area (Å²) in [5.74, 6) is -1.67. The van der Waals surface area contributed by atoms with Crippen LogP contribution < -0.4 is 5.32 Å². The molecule has 3 N–H and O–H groups in total. The maximum atomic E-state index is 12.4. The third kappa shape index (κ3) is 2.03. The molecule has 0 atom stereocenters. The number of nitrogens with zero attached hydrogens (tertiary/aromatic N) is 3. The highest BCUT2D eigenvalue weighted by Crippen LogP contribution is 2.25. The summed E-state index contributed by atoms with van der Waals surface area (Å²) in [6, 6.07) is 1.31. The number of fused-ring (bicyclic) bond motifs is 1. The van der Waals surface area contributed by atoms with E-state index in [1.165, 1.54) is 6.07 Å². The number of carboxylic acids is 1. The fourth-order valence-corrected chi connectivity index (χ4v) is 2.28. The molecule has 0 bridgehead atoms. The van der Waals surface area contributed by atoms with E-state index >= 15 is 0 Å². The zero-order chi connectivity index (χ0) is 16.0. The summed E-state index contributed by atoms with van der Waals surface area (Å²) in [5.41, 5.74) is 2.34. The fourth-order valence-electron chi connectivity index (χ4n) is 2.28. The van der Waals surface area contributed by atoms with Crippen LogP contribution in [0.2, 0.25) is 0 Å². The number of carbonyl (C=O) groups excluding carboxylic acids is 1. The lowest BCUT2D eigenvalue weighted by Gasteiger charge is -2.02. The van der Waals surface area contributed by atoms with Crippen LogP contribution in [0.4, 0.5) is 5.82 Å².